The Kier molecular flexibility index (Phi) is 4.97. The van der Waals surface area contributed by atoms with E-state index < -0.39 is 0 Å². The lowest BCUT2D eigenvalue weighted by Gasteiger charge is -2.14. The third-order valence-corrected chi connectivity index (χ3v) is 3.33. The van der Waals surface area contributed by atoms with Crippen molar-refractivity contribution in [1.29, 1.82) is 0 Å². The molecule has 0 N–H and O–H groups in total. The van der Waals surface area contributed by atoms with Crippen molar-refractivity contribution in [2.45, 2.75) is 32.1 Å². The summed E-state index contributed by atoms with van der Waals surface area (Å²) in [4.78, 5) is 0. The minimum atomic E-state index is 0.245. The summed E-state index contributed by atoms with van der Waals surface area (Å²) in [6, 6.07) is 8.12. The van der Waals surface area contributed by atoms with Crippen LogP contribution in [0, 0.1) is 5.92 Å². The maximum absolute atomic E-state index is 6.22. The summed E-state index contributed by atoms with van der Waals surface area (Å²) in [5, 5.41) is 0.245. The molecule has 0 saturated carbocycles. The summed E-state index contributed by atoms with van der Waals surface area (Å²) in [6.45, 7) is 4.31. The van der Waals surface area contributed by atoms with Crippen molar-refractivity contribution < 1.29 is 4.74 Å². The van der Waals surface area contributed by atoms with Crippen molar-refractivity contribution in [1.82, 2.24) is 0 Å². The van der Waals surface area contributed by atoms with Gasteiger partial charge in [-0.25, -0.2) is 0 Å². The van der Waals surface area contributed by atoms with Crippen LogP contribution in [0.25, 0.3) is 0 Å². The molecule has 1 aromatic rings. The first kappa shape index (κ1) is 12.4. The van der Waals surface area contributed by atoms with Gasteiger partial charge in [0.1, 0.15) is 5.75 Å². The molecule has 1 nitrogen and oxygen atoms in total. The molecular formula is C13H19ClO. The van der Waals surface area contributed by atoms with Gasteiger partial charge in [0.05, 0.1) is 7.11 Å². The van der Waals surface area contributed by atoms with Gasteiger partial charge in [0.2, 0.25) is 0 Å². The summed E-state index contributed by atoms with van der Waals surface area (Å²) < 4.78 is 5.30. The molecule has 0 fully saturated rings. The van der Waals surface area contributed by atoms with Crippen LogP contribution in [-0.4, -0.2) is 12.5 Å². The number of ether oxygens (including phenoxy) is 1. The molecule has 0 heterocycles. The van der Waals surface area contributed by atoms with Crippen LogP contribution in [0.4, 0.5) is 0 Å². The number of para-hydroxylation sites is 1. The highest BCUT2D eigenvalue weighted by Gasteiger charge is 2.10. The van der Waals surface area contributed by atoms with Gasteiger partial charge in [-0.15, -0.1) is 11.6 Å². The van der Waals surface area contributed by atoms with Crippen LogP contribution in [0.2, 0.25) is 0 Å². The van der Waals surface area contributed by atoms with Gasteiger partial charge in [-0.1, -0.05) is 32.0 Å². The third kappa shape index (κ3) is 3.75. The zero-order chi connectivity index (χ0) is 11.3. The van der Waals surface area contributed by atoms with Crippen molar-refractivity contribution in [2.24, 2.45) is 5.92 Å². The molecule has 0 amide bonds. The molecule has 1 unspecified atom stereocenters. The lowest BCUT2D eigenvalue weighted by molar-refractivity contribution is 0.408. The van der Waals surface area contributed by atoms with Gasteiger partial charge in [-0.2, -0.15) is 0 Å². The van der Waals surface area contributed by atoms with E-state index in [2.05, 4.69) is 19.9 Å². The molecule has 15 heavy (non-hydrogen) atoms. The zero-order valence-corrected chi connectivity index (χ0v) is 10.4. The average Bonchev–Trinajstić information content (AvgIpc) is 2.26. The largest absolute Gasteiger partial charge is 0.496 e. The Morgan fingerprint density at radius 1 is 1.27 bits per heavy atom. The summed E-state index contributed by atoms with van der Waals surface area (Å²) in [5.41, 5.74) is 1.24. The van der Waals surface area contributed by atoms with Crippen LogP contribution < -0.4 is 4.74 Å². The maximum atomic E-state index is 6.22. The van der Waals surface area contributed by atoms with Crippen molar-refractivity contribution in [2.75, 3.05) is 7.11 Å². The SMILES string of the molecule is COc1ccccc1CCC(Cl)C(C)C. The second-order valence-electron chi connectivity index (χ2n) is 4.11. The zero-order valence-electron chi connectivity index (χ0n) is 9.66. The fourth-order valence-electron chi connectivity index (χ4n) is 1.54. The van der Waals surface area contributed by atoms with Crippen LogP contribution in [0.5, 0.6) is 5.75 Å². The van der Waals surface area contributed by atoms with E-state index in [0.717, 1.165) is 18.6 Å². The summed E-state index contributed by atoms with van der Waals surface area (Å²) >= 11 is 6.22. The predicted molar refractivity (Wildman–Crippen MR) is 65.8 cm³/mol. The molecular weight excluding hydrogens is 208 g/mol. The summed E-state index contributed by atoms with van der Waals surface area (Å²) in [5.74, 6) is 1.49. The van der Waals surface area contributed by atoms with E-state index in [4.69, 9.17) is 16.3 Å². The summed E-state index contributed by atoms with van der Waals surface area (Å²) in [7, 11) is 1.71. The Balaban J connectivity index is 2.57. The Labute approximate surface area is 97.4 Å². The molecule has 0 spiro atoms. The lowest BCUT2D eigenvalue weighted by atomic mass is 10.0. The van der Waals surface area contributed by atoms with E-state index in [9.17, 15) is 0 Å². The topological polar surface area (TPSA) is 9.23 Å². The van der Waals surface area contributed by atoms with Crippen LogP contribution in [0.15, 0.2) is 24.3 Å². The first-order valence-corrected chi connectivity index (χ1v) is 5.84. The van der Waals surface area contributed by atoms with Gasteiger partial charge in [0.25, 0.3) is 0 Å². The summed E-state index contributed by atoms with van der Waals surface area (Å²) in [6.07, 6.45) is 1.98. The van der Waals surface area contributed by atoms with E-state index in [1.807, 2.05) is 18.2 Å². The van der Waals surface area contributed by atoms with E-state index >= 15 is 0 Å². The second-order valence-corrected chi connectivity index (χ2v) is 4.67. The van der Waals surface area contributed by atoms with Crippen molar-refractivity contribution in [3.05, 3.63) is 29.8 Å². The number of alkyl halides is 1. The first-order valence-electron chi connectivity index (χ1n) is 5.41. The number of halogens is 1. The Morgan fingerprint density at radius 2 is 1.93 bits per heavy atom. The lowest BCUT2D eigenvalue weighted by Crippen LogP contribution is -2.09. The molecule has 1 atom stereocenters. The molecule has 84 valence electrons. The second kappa shape index (κ2) is 6.02. The number of hydrogen-bond acceptors (Lipinski definition) is 1. The van der Waals surface area contributed by atoms with Crippen LogP contribution in [0.3, 0.4) is 0 Å². The number of methoxy groups -OCH3 is 1. The standard InChI is InChI=1S/C13H19ClO/c1-10(2)12(14)9-8-11-6-4-5-7-13(11)15-3/h4-7,10,12H,8-9H2,1-3H3. The van der Waals surface area contributed by atoms with E-state index in [-0.39, 0.29) is 5.38 Å². The molecule has 0 saturated heterocycles. The molecule has 0 radical (unpaired) electrons. The van der Waals surface area contributed by atoms with Crippen LogP contribution in [-0.2, 0) is 6.42 Å². The van der Waals surface area contributed by atoms with Crippen LogP contribution >= 0.6 is 11.6 Å². The number of aryl methyl sites for hydroxylation is 1. The molecule has 0 aromatic heterocycles. The Bertz CT molecular complexity index is 296. The average molecular weight is 227 g/mol. The minimum absolute atomic E-state index is 0.245. The Hall–Kier alpha value is -0.690. The highest BCUT2D eigenvalue weighted by molar-refractivity contribution is 6.20. The fourth-order valence-corrected chi connectivity index (χ4v) is 1.65. The van der Waals surface area contributed by atoms with Crippen molar-refractivity contribution >= 4 is 11.6 Å². The molecule has 0 aliphatic carbocycles. The molecule has 1 aromatic carbocycles. The molecule has 2 heteroatoms. The van der Waals surface area contributed by atoms with Gasteiger partial charge >= 0.3 is 0 Å². The van der Waals surface area contributed by atoms with Gasteiger partial charge in [-0.05, 0) is 30.4 Å². The third-order valence-electron chi connectivity index (χ3n) is 2.61. The molecule has 0 aliphatic heterocycles. The minimum Gasteiger partial charge on any atom is -0.496 e. The number of hydrogen-bond donors (Lipinski definition) is 0. The van der Waals surface area contributed by atoms with Crippen molar-refractivity contribution in [3.8, 4) is 5.75 Å². The van der Waals surface area contributed by atoms with Gasteiger partial charge in [-0.3, -0.25) is 0 Å². The highest BCUT2D eigenvalue weighted by Crippen LogP contribution is 2.22. The monoisotopic (exact) mass is 226 g/mol. The molecule has 0 bridgehead atoms. The Morgan fingerprint density at radius 3 is 2.53 bits per heavy atom. The number of benzene rings is 1. The molecule has 1 rings (SSSR count). The van der Waals surface area contributed by atoms with Gasteiger partial charge < -0.3 is 4.74 Å². The molecule has 0 aliphatic rings. The number of rotatable bonds is 5. The fraction of sp³-hybridized carbons (Fsp3) is 0.538. The van der Waals surface area contributed by atoms with Crippen molar-refractivity contribution in [3.63, 3.8) is 0 Å². The van der Waals surface area contributed by atoms with Gasteiger partial charge in [0, 0.05) is 5.38 Å². The normalized spacial score (nSPS) is 12.9. The van der Waals surface area contributed by atoms with E-state index in [1.54, 1.807) is 7.11 Å². The highest BCUT2D eigenvalue weighted by atomic mass is 35.5. The van der Waals surface area contributed by atoms with Gasteiger partial charge in [0.15, 0.2) is 0 Å². The quantitative estimate of drug-likeness (QED) is 0.693. The van der Waals surface area contributed by atoms with E-state index in [1.165, 1.54) is 5.56 Å². The maximum Gasteiger partial charge on any atom is 0.122 e. The first-order chi connectivity index (χ1) is 7.15. The van der Waals surface area contributed by atoms with Crippen LogP contribution in [0.1, 0.15) is 25.8 Å². The predicted octanol–water partition coefficient (Wildman–Crippen LogP) is 3.89. The van der Waals surface area contributed by atoms with E-state index in [0.29, 0.717) is 5.92 Å². The smallest absolute Gasteiger partial charge is 0.122 e.